The van der Waals surface area contributed by atoms with E-state index in [2.05, 4.69) is 21.9 Å². The van der Waals surface area contributed by atoms with E-state index in [1.165, 1.54) is 25.3 Å². The van der Waals surface area contributed by atoms with Gasteiger partial charge in [0.15, 0.2) is 0 Å². The van der Waals surface area contributed by atoms with E-state index in [-0.39, 0.29) is 12.0 Å². The van der Waals surface area contributed by atoms with Crippen LogP contribution in [-0.2, 0) is 4.79 Å². The van der Waals surface area contributed by atoms with Crippen molar-refractivity contribution in [1.29, 1.82) is 0 Å². The first-order valence-electron chi connectivity index (χ1n) is 7.61. The molecule has 2 aromatic rings. The molecular weight excluding hydrogens is 278 g/mol. The molecule has 1 fully saturated rings. The third-order valence-electron chi connectivity index (χ3n) is 3.86. The van der Waals surface area contributed by atoms with Gasteiger partial charge in [-0.1, -0.05) is 13.0 Å². The van der Waals surface area contributed by atoms with E-state index in [4.69, 9.17) is 4.74 Å². The van der Waals surface area contributed by atoms with Gasteiger partial charge in [-0.05, 0) is 43.9 Å². The maximum Gasteiger partial charge on any atom is 0.247 e. The van der Waals surface area contributed by atoms with Crippen molar-refractivity contribution in [3.63, 3.8) is 0 Å². The number of pyridine rings is 2. The topological polar surface area (TPSA) is 64.1 Å². The minimum atomic E-state index is -0.264. The van der Waals surface area contributed by atoms with Gasteiger partial charge in [0.2, 0.25) is 11.8 Å². The van der Waals surface area contributed by atoms with Gasteiger partial charge in [0.05, 0.1) is 22.8 Å². The van der Waals surface area contributed by atoms with Crippen molar-refractivity contribution in [2.75, 3.05) is 5.32 Å². The van der Waals surface area contributed by atoms with E-state index in [0.29, 0.717) is 11.6 Å². The molecule has 0 unspecified atom stereocenters. The van der Waals surface area contributed by atoms with Crippen LogP contribution < -0.4 is 10.1 Å². The van der Waals surface area contributed by atoms with Crippen LogP contribution in [0.15, 0.2) is 37.2 Å². The lowest BCUT2D eigenvalue weighted by Crippen LogP contribution is -2.20. The Morgan fingerprint density at radius 1 is 1.32 bits per heavy atom. The molecule has 0 aromatic carbocycles. The van der Waals surface area contributed by atoms with Crippen molar-refractivity contribution >= 4 is 22.5 Å². The molecule has 1 saturated carbocycles. The summed E-state index contributed by atoms with van der Waals surface area (Å²) in [6.07, 6.45) is 10.6. The van der Waals surface area contributed by atoms with Crippen LogP contribution in [-0.4, -0.2) is 22.0 Å². The first-order valence-corrected chi connectivity index (χ1v) is 7.61. The lowest BCUT2D eigenvalue weighted by molar-refractivity contribution is -0.111. The summed E-state index contributed by atoms with van der Waals surface area (Å²) >= 11 is 0. The molecule has 5 heteroatoms. The van der Waals surface area contributed by atoms with E-state index in [1.54, 1.807) is 12.4 Å². The second-order valence-corrected chi connectivity index (χ2v) is 5.48. The van der Waals surface area contributed by atoms with Gasteiger partial charge in [0.1, 0.15) is 6.10 Å². The number of fused-ring (bicyclic) bond motifs is 1. The Bertz CT molecular complexity index is 693. The molecule has 1 N–H and O–H groups in total. The molecule has 5 nitrogen and oxygen atoms in total. The third kappa shape index (κ3) is 3.24. The summed E-state index contributed by atoms with van der Waals surface area (Å²) in [7, 11) is 0. The van der Waals surface area contributed by atoms with Gasteiger partial charge >= 0.3 is 0 Å². The number of amides is 1. The van der Waals surface area contributed by atoms with Crippen molar-refractivity contribution in [3.8, 4) is 5.88 Å². The number of carbonyl (C=O) groups is 1. The van der Waals surface area contributed by atoms with Gasteiger partial charge in [-0.25, -0.2) is 4.98 Å². The molecule has 0 atom stereocenters. The number of rotatable bonds is 4. The van der Waals surface area contributed by atoms with E-state index in [9.17, 15) is 4.79 Å². The van der Waals surface area contributed by atoms with Gasteiger partial charge in [-0.15, -0.1) is 0 Å². The van der Waals surface area contributed by atoms with Gasteiger partial charge in [0.25, 0.3) is 0 Å². The summed E-state index contributed by atoms with van der Waals surface area (Å²) in [4.78, 5) is 20.1. The Morgan fingerprint density at radius 2 is 2.14 bits per heavy atom. The average molecular weight is 297 g/mol. The number of hydrogen-bond donors (Lipinski definition) is 1. The minimum Gasteiger partial charge on any atom is -0.474 e. The number of nitrogens with zero attached hydrogens (tertiary/aromatic N) is 2. The molecule has 2 heterocycles. The predicted molar refractivity (Wildman–Crippen MR) is 85.9 cm³/mol. The molecule has 1 amide bonds. The molecule has 3 rings (SSSR count). The number of aromatic nitrogens is 2. The fourth-order valence-corrected chi connectivity index (χ4v) is 2.72. The third-order valence-corrected chi connectivity index (χ3v) is 3.86. The Hall–Kier alpha value is -2.43. The molecule has 1 aliphatic rings. The minimum absolute atomic E-state index is 0.221. The Morgan fingerprint density at radius 3 is 2.91 bits per heavy atom. The van der Waals surface area contributed by atoms with Crippen molar-refractivity contribution < 1.29 is 9.53 Å². The summed E-state index contributed by atoms with van der Waals surface area (Å²) in [6.45, 7) is 3.44. The highest BCUT2D eigenvalue weighted by atomic mass is 16.5. The Labute approximate surface area is 129 Å². The fourth-order valence-electron chi connectivity index (χ4n) is 2.72. The monoisotopic (exact) mass is 297 g/mol. The summed E-state index contributed by atoms with van der Waals surface area (Å²) in [5, 5.41) is 3.53. The fraction of sp³-hybridized carbons (Fsp3) is 0.353. The largest absolute Gasteiger partial charge is 0.474 e. The number of anilines is 1. The maximum atomic E-state index is 11.4. The van der Waals surface area contributed by atoms with Crippen LogP contribution in [0.4, 0.5) is 5.69 Å². The SMILES string of the molecule is C=CC(=O)Nc1cnc2ccnc(OC3CCCCC3)c2c1. The Kier molecular flexibility index (Phi) is 4.32. The highest BCUT2D eigenvalue weighted by Gasteiger charge is 2.17. The van der Waals surface area contributed by atoms with Crippen LogP contribution in [0.1, 0.15) is 32.1 Å². The highest BCUT2D eigenvalue weighted by molar-refractivity contribution is 6.00. The summed E-state index contributed by atoms with van der Waals surface area (Å²) < 4.78 is 6.07. The summed E-state index contributed by atoms with van der Waals surface area (Å²) in [6, 6.07) is 3.68. The van der Waals surface area contributed by atoms with E-state index in [1.807, 2.05) is 12.1 Å². The lowest BCUT2D eigenvalue weighted by atomic mass is 9.98. The molecule has 114 valence electrons. The first kappa shape index (κ1) is 14.5. The molecule has 0 aliphatic heterocycles. The van der Waals surface area contributed by atoms with Crippen molar-refractivity contribution in [2.24, 2.45) is 0 Å². The molecule has 22 heavy (non-hydrogen) atoms. The second-order valence-electron chi connectivity index (χ2n) is 5.48. The second kappa shape index (κ2) is 6.56. The number of hydrogen-bond acceptors (Lipinski definition) is 4. The van der Waals surface area contributed by atoms with Crippen LogP contribution >= 0.6 is 0 Å². The zero-order valence-corrected chi connectivity index (χ0v) is 12.4. The van der Waals surface area contributed by atoms with Crippen LogP contribution in [0, 0.1) is 0 Å². The van der Waals surface area contributed by atoms with Crippen LogP contribution in [0.3, 0.4) is 0 Å². The zero-order valence-electron chi connectivity index (χ0n) is 12.4. The van der Waals surface area contributed by atoms with Crippen molar-refractivity contribution in [2.45, 2.75) is 38.2 Å². The quantitative estimate of drug-likeness (QED) is 0.878. The zero-order chi connectivity index (χ0) is 15.4. The van der Waals surface area contributed by atoms with Crippen LogP contribution in [0.5, 0.6) is 5.88 Å². The number of nitrogens with one attached hydrogen (secondary N) is 1. The van der Waals surface area contributed by atoms with E-state index in [0.717, 1.165) is 23.7 Å². The summed E-state index contributed by atoms with van der Waals surface area (Å²) in [5.74, 6) is 0.325. The maximum absolute atomic E-state index is 11.4. The predicted octanol–water partition coefficient (Wildman–Crippen LogP) is 3.47. The Balaban J connectivity index is 1.89. The molecule has 2 aromatic heterocycles. The van der Waals surface area contributed by atoms with Gasteiger partial charge in [-0.3, -0.25) is 9.78 Å². The van der Waals surface area contributed by atoms with Crippen LogP contribution in [0.25, 0.3) is 10.9 Å². The standard InChI is InChI=1S/C17H19N3O2/c1-2-16(21)20-12-10-14-15(19-11-12)8-9-18-17(14)22-13-6-4-3-5-7-13/h2,8-11,13H,1,3-7H2,(H,20,21). The molecule has 0 bridgehead atoms. The molecule has 0 saturated heterocycles. The van der Waals surface area contributed by atoms with E-state index < -0.39 is 0 Å². The molecule has 0 radical (unpaired) electrons. The average Bonchev–Trinajstić information content (AvgIpc) is 2.56. The normalized spacial score (nSPS) is 15.5. The van der Waals surface area contributed by atoms with Gasteiger partial charge < -0.3 is 10.1 Å². The molecule has 0 spiro atoms. The molecule has 1 aliphatic carbocycles. The smallest absolute Gasteiger partial charge is 0.247 e. The molecular formula is C17H19N3O2. The summed E-state index contributed by atoms with van der Waals surface area (Å²) in [5.41, 5.74) is 1.41. The highest BCUT2D eigenvalue weighted by Crippen LogP contribution is 2.28. The van der Waals surface area contributed by atoms with Crippen molar-refractivity contribution in [1.82, 2.24) is 9.97 Å². The van der Waals surface area contributed by atoms with Crippen molar-refractivity contribution in [3.05, 3.63) is 37.2 Å². The van der Waals surface area contributed by atoms with Crippen LogP contribution in [0.2, 0.25) is 0 Å². The van der Waals surface area contributed by atoms with Gasteiger partial charge in [-0.2, -0.15) is 0 Å². The number of carbonyl (C=O) groups excluding carboxylic acids is 1. The number of ether oxygens (including phenoxy) is 1. The van der Waals surface area contributed by atoms with Gasteiger partial charge in [0, 0.05) is 6.20 Å². The first-order chi connectivity index (χ1) is 10.8. The van der Waals surface area contributed by atoms with E-state index >= 15 is 0 Å². The lowest BCUT2D eigenvalue weighted by Gasteiger charge is -2.22.